The molecule has 2 aliphatic rings. The van der Waals surface area contributed by atoms with Gasteiger partial charge in [-0.25, -0.2) is 21.6 Å². The lowest BCUT2D eigenvalue weighted by atomic mass is 9.95. The van der Waals surface area contributed by atoms with Crippen molar-refractivity contribution in [1.29, 1.82) is 0 Å². The van der Waals surface area contributed by atoms with E-state index >= 15 is 0 Å². The predicted octanol–water partition coefficient (Wildman–Crippen LogP) is 3.71. The van der Waals surface area contributed by atoms with Gasteiger partial charge in [0.15, 0.2) is 21.4 Å². The van der Waals surface area contributed by atoms with Gasteiger partial charge in [0.25, 0.3) is 12.3 Å². The summed E-state index contributed by atoms with van der Waals surface area (Å²) in [5.41, 5.74) is -0.332. The van der Waals surface area contributed by atoms with Crippen LogP contribution in [0.15, 0.2) is 28.8 Å². The Hall–Kier alpha value is -2.40. The SMILES string of the molecule is O=S1(=O)CC(n2nc(-c3nc(C4(c5ccc(F)cc5Cl)CC4)no3)cc2C(F)F)C1. The second-order valence-corrected chi connectivity index (χ2v) is 10.1. The zero-order valence-electron chi connectivity index (χ0n) is 15.2. The average molecular weight is 459 g/mol. The molecule has 2 aromatic heterocycles. The Morgan fingerprint density at radius 3 is 2.57 bits per heavy atom. The van der Waals surface area contributed by atoms with Gasteiger partial charge >= 0.3 is 0 Å². The van der Waals surface area contributed by atoms with E-state index in [0.29, 0.717) is 24.2 Å². The van der Waals surface area contributed by atoms with Crippen LogP contribution in [0, 0.1) is 5.82 Å². The molecule has 7 nitrogen and oxygen atoms in total. The second kappa shape index (κ2) is 6.55. The molecule has 0 N–H and O–H groups in total. The monoisotopic (exact) mass is 458 g/mol. The van der Waals surface area contributed by atoms with E-state index in [0.717, 1.165) is 10.7 Å². The molecule has 5 rings (SSSR count). The molecular formula is C18H14ClF3N4O3S. The molecule has 1 saturated heterocycles. The Bertz CT molecular complexity index is 1240. The smallest absolute Gasteiger partial charge is 0.280 e. The van der Waals surface area contributed by atoms with Crippen molar-refractivity contribution in [2.24, 2.45) is 0 Å². The van der Waals surface area contributed by atoms with Crippen molar-refractivity contribution in [2.75, 3.05) is 11.5 Å². The predicted molar refractivity (Wildman–Crippen MR) is 99.6 cm³/mol. The summed E-state index contributed by atoms with van der Waals surface area (Å²) in [4.78, 5) is 4.33. The normalized spacial score (nSPS) is 19.8. The van der Waals surface area contributed by atoms with E-state index < -0.39 is 39.2 Å². The van der Waals surface area contributed by atoms with E-state index in [-0.39, 0.29) is 28.1 Å². The number of alkyl halides is 2. The minimum Gasteiger partial charge on any atom is -0.332 e. The Morgan fingerprint density at radius 1 is 1.23 bits per heavy atom. The molecule has 0 radical (unpaired) electrons. The lowest BCUT2D eigenvalue weighted by Gasteiger charge is -2.27. The molecule has 2 fully saturated rings. The Morgan fingerprint density at radius 2 is 1.97 bits per heavy atom. The van der Waals surface area contributed by atoms with E-state index in [1.807, 2.05) is 0 Å². The van der Waals surface area contributed by atoms with Crippen molar-refractivity contribution in [1.82, 2.24) is 19.9 Å². The molecule has 158 valence electrons. The Labute approximate surface area is 173 Å². The highest BCUT2D eigenvalue weighted by Gasteiger charge is 2.51. The molecule has 1 saturated carbocycles. The highest BCUT2D eigenvalue weighted by atomic mass is 35.5. The van der Waals surface area contributed by atoms with Crippen molar-refractivity contribution in [3.8, 4) is 11.6 Å². The van der Waals surface area contributed by atoms with Crippen LogP contribution >= 0.6 is 11.6 Å². The molecule has 3 aromatic rings. The zero-order chi connectivity index (χ0) is 21.3. The molecule has 1 aliphatic heterocycles. The number of hydrogen-bond acceptors (Lipinski definition) is 6. The third kappa shape index (κ3) is 3.11. The summed E-state index contributed by atoms with van der Waals surface area (Å²) < 4.78 is 69.4. The Kier molecular flexibility index (Phi) is 4.27. The van der Waals surface area contributed by atoms with Crippen molar-refractivity contribution in [2.45, 2.75) is 30.7 Å². The number of hydrogen-bond donors (Lipinski definition) is 0. The first kappa shape index (κ1) is 19.6. The number of sulfone groups is 1. The molecule has 1 aliphatic carbocycles. The van der Waals surface area contributed by atoms with Gasteiger partial charge < -0.3 is 4.52 Å². The summed E-state index contributed by atoms with van der Waals surface area (Å²) in [6, 6.07) is 4.55. The van der Waals surface area contributed by atoms with Gasteiger partial charge in [0.05, 0.1) is 23.0 Å². The number of rotatable bonds is 5. The number of aromatic nitrogens is 4. The molecule has 1 aromatic carbocycles. The van der Waals surface area contributed by atoms with Crippen molar-refractivity contribution in [3.63, 3.8) is 0 Å². The number of halogens is 4. The van der Waals surface area contributed by atoms with Crippen molar-refractivity contribution >= 4 is 21.4 Å². The average Bonchev–Trinajstić information content (AvgIpc) is 3.11. The van der Waals surface area contributed by atoms with Gasteiger partial charge in [-0.05, 0) is 36.6 Å². The van der Waals surface area contributed by atoms with E-state index in [1.165, 1.54) is 12.1 Å². The van der Waals surface area contributed by atoms with Crippen LogP contribution in [0.5, 0.6) is 0 Å². The summed E-state index contributed by atoms with van der Waals surface area (Å²) >= 11 is 6.19. The number of nitrogens with zero attached hydrogens (tertiary/aromatic N) is 4. The summed E-state index contributed by atoms with van der Waals surface area (Å²) in [6.45, 7) is 0. The number of benzene rings is 1. The highest BCUT2D eigenvalue weighted by Crippen LogP contribution is 2.54. The summed E-state index contributed by atoms with van der Waals surface area (Å²) in [5, 5.41) is 8.33. The zero-order valence-corrected chi connectivity index (χ0v) is 16.8. The molecule has 0 unspecified atom stereocenters. The van der Waals surface area contributed by atoms with Gasteiger partial charge in [-0.15, -0.1) is 0 Å². The van der Waals surface area contributed by atoms with Crippen molar-refractivity contribution in [3.05, 3.63) is 52.2 Å². The molecule has 0 amide bonds. The first-order valence-electron chi connectivity index (χ1n) is 9.07. The fourth-order valence-corrected chi connectivity index (χ4v) is 5.49. The van der Waals surface area contributed by atoms with E-state index in [1.54, 1.807) is 6.07 Å². The van der Waals surface area contributed by atoms with Gasteiger partial charge in [0.2, 0.25) is 0 Å². The van der Waals surface area contributed by atoms with E-state index in [4.69, 9.17) is 16.1 Å². The molecule has 12 heteroatoms. The van der Waals surface area contributed by atoms with Crippen LogP contribution in [0.25, 0.3) is 11.6 Å². The lowest BCUT2D eigenvalue weighted by Crippen LogP contribution is -2.39. The Balaban J connectivity index is 1.49. The van der Waals surface area contributed by atoms with Crippen LogP contribution in [0.3, 0.4) is 0 Å². The quantitative estimate of drug-likeness (QED) is 0.579. The third-order valence-electron chi connectivity index (χ3n) is 5.50. The minimum atomic E-state index is -3.22. The van der Waals surface area contributed by atoms with Crippen LogP contribution < -0.4 is 0 Å². The molecule has 0 bridgehead atoms. The second-order valence-electron chi connectivity index (χ2n) is 7.56. The lowest BCUT2D eigenvalue weighted by molar-refractivity contribution is 0.136. The van der Waals surface area contributed by atoms with Gasteiger partial charge in [-0.2, -0.15) is 10.1 Å². The van der Waals surface area contributed by atoms with Crippen molar-refractivity contribution < 1.29 is 26.1 Å². The van der Waals surface area contributed by atoms with Crippen LogP contribution in [0.2, 0.25) is 5.02 Å². The third-order valence-corrected chi connectivity index (χ3v) is 7.59. The standard InChI is InChI=1S/C18H14ClF3N4O3S/c19-12-5-9(20)1-2-11(12)18(3-4-18)17-23-16(29-25-17)13-6-14(15(21)22)26(24-13)10-7-30(27,28)8-10/h1-2,5-6,10,15H,3-4,7-8H2. The fourth-order valence-electron chi connectivity index (χ4n) is 3.79. The van der Waals surface area contributed by atoms with Crippen LogP contribution in [-0.2, 0) is 15.3 Å². The van der Waals surface area contributed by atoms with E-state index in [9.17, 15) is 21.6 Å². The highest BCUT2D eigenvalue weighted by molar-refractivity contribution is 7.92. The van der Waals surface area contributed by atoms with Gasteiger partial charge in [-0.3, -0.25) is 4.68 Å². The minimum absolute atomic E-state index is 0.0364. The van der Waals surface area contributed by atoms with E-state index in [2.05, 4.69) is 15.2 Å². The molecule has 0 spiro atoms. The first-order chi connectivity index (χ1) is 14.2. The van der Waals surface area contributed by atoms with Gasteiger partial charge in [0, 0.05) is 5.02 Å². The summed E-state index contributed by atoms with van der Waals surface area (Å²) in [7, 11) is -3.22. The first-order valence-corrected chi connectivity index (χ1v) is 11.3. The topological polar surface area (TPSA) is 90.9 Å². The molecule has 0 atom stereocenters. The van der Waals surface area contributed by atoms with Crippen LogP contribution in [-0.4, -0.2) is 39.8 Å². The summed E-state index contributed by atoms with van der Waals surface area (Å²) in [6.07, 6.45) is -1.49. The van der Waals surface area contributed by atoms with Crippen LogP contribution in [0.4, 0.5) is 13.2 Å². The van der Waals surface area contributed by atoms with Gasteiger partial charge in [0.1, 0.15) is 11.5 Å². The summed E-state index contributed by atoms with van der Waals surface area (Å²) in [5.74, 6) is -0.691. The largest absolute Gasteiger partial charge is 0.332 e. The molecular weight excluding hydrogens is 445 g/mol. The van der Waals surface area contributed by atoms with Gasteiger partial charge in [-0.1, -0.05) is 22.8 Å². The maximum Gasteiger partial charge on any atom is 0.280 e. The molecule has 3 heterocycles. The maximum atomic E-state index is 13.5. The molecule has 30 heavy (non-hydrogen) atoms. The maximum absolute atomic E-state index is 13.5. The fraction of sp³-hybridized carbons (Fsp3) is 0.389. The van der Waals surface area contributed by atoms with Crippen LogP contribution in [0.1, 0.15) is 42.4 Å².